The van der Waals surface area contributed by atoms with Gasteiger partial charge in [-0.15, -0.1) is 0 Å². The highest BCUT2D eigenvalue weighted by Gasteiger charge is 2.20. The molecule has 3 nitrogen and oxygen atoms in total. The van der Waals surface area contributed by atoms with Crippen LogP contribution in [0.15, 0.2) is 60.7 Å². The van der Waals surface area contributed by atoms with Crippen LogP contribution in [-0.4, -0.2) is 11.7 Å². The Bertz CT molecular complexity index is 884. The largest absolute Gasteiger partial charge is 0.457 e. The second kappa shape index (κ2) is 6.87. The highest BCUT2D eigenvalue weighted by atomic mass is 16.5. The van der Waals surface area contributed by atoms with E-state index in [2.05, 4.69) is 26.0 Å². The first-order valence-electron chi connectivity index (χ1n) is 8.61. The lowest BCUT2D eigenvalue weighted by atomic mass is 9.92. The molecule has 3 rings (SSSR count). The summed E-state index contributed by atoms with van der Waals surface area (Å²) in [6.45, 7) is 6.08. The van der Waals surface area contributed by atoms with E-state index in [4.69, 9.17) is 10.5 Å². The Morgan fingerprint density at radius 2 is 1.64 bits per heavy atom. The number of fused-ring (bicyclic) bond motifs is 1. The summed E-state index contributed by atoms with van der Waals surface area (Å²) < 4.78 is 6.03. The minimum atomic E-state index is -0.735. The van der Waals surface area contributed by atoms with Crippen LogP contribution in [0.2, 0.25) is 0 Å². The first kappa shape index (κ1) is 17.5. The van der Waals surface area contributed by atoms with Crippen LogP contribution in [0.4, 0.5) is 0 Å². The molecule has 1 unspecified atom stereocenters. The zero-order chi connectivity index (χ0) is 18.0. The molecule has 0 fully saturated rings. The van der Waals surface area contributed by atoms with E-state index in [0.717, 1.165) is 27.8 Å². The third-order valence-corrected chi connectivity index (χ3v) is 4.56. The molecule has 3 aromatic carbocycles. The van der Waals surface area contributed by atoms with E-state index < -0.39 is 5.54 Å². The van der Waals surface area contributed by atoms with E-state index >= 15 is 0 Å². The molecule has 0 aromatic heterocycles. The predicted molar refractivity (Wildman–Crippen MR) is 103 cm³/mol. The van der Waals surface area contributed by atoms with Crippen molar-refractivity contribution < 1.29 is 9.84 Å². The van der Waals surface area contributed by atoms with E-state index in [1.165, 1.54) is 5.56 Å². The van der Waals surface area contributed by atoms with Crippen LogP contribution in [-0.2, 0) is 5.54 Å². The maximum atomic E-state index is 9.44. The second-order valence-electron chi connectivity index (χ2n) is 7.13. The van der Waals surface area contributed by atoms with Crippen LogP contribution in [0.1, 0.15) is 37.8 Å². The van der Waals surface area contributed by atoms with Crippen molar-refractivity contribution in [2.45, 2.75) is 32.2 Å². The Balaban J connectivity index is 1.89. The van der Waals surface area contributed by atoms with Gasteiger partial charge in [0.25, 0.3) is 0 Å². The summed E-state index contributed by atoms with van der Waals surface area (Å²) in [5, 5.41) is 11.6. The number of hydrogen-bond acceptors (Lipinski definition) is 3. The molecule has 1 atom stereocenters. The van der Waals surface area contributed by atoms with E-state index in [1.807, 2.05) is 55.5 Å². The maximum Gasteiger partial charge on any atom is 0.128 e. The van der Waals surface area contributed by atoms with Gasteiger partial charge in [0, 0.05) is 0 Å². The Labute approximate surface area is 149 Å². The molecule has 130 valence electrons. The quantitative estimate of drug-likeness (QED) is 0.695. The molecule has 3 N–H and O–H groups in total. The van der Waals surface area contributed by atoms with Crippen LogP contribution in [0.5, 0.6) is 11.5 Å². The number of nitrogens with two attached hydrogens (primary N) is 1. The number of aliphatic hydroxyl groups excluding tert-OH is 1. The predicted octanol–water partition coefficient (Wildman–Crippen LogP) is 4.92. The molecular formula is C22H25NO2. The normalized spacial score (nSPS) is 13.8. The minimum Gasteiger partial charge on any atom is -0.457 e. The maximum absolute atomic E-state index is 9.44. The topological polar surface area (TPSA) is 55.5 Å². The number of hydrogen-bond donors (Lipinski definition) is 2. The van der Waals surface area contributed by atoms with Gasteiger partial charge < -0.3 is 15.6 Å². The van der Waals surface area contributed by atoms with Crippen LogP contribution in [0.3, 0.4) is 0 Å². The second-order valence-corrected chi connectivity index (χ2v) is 7.13. The Morgan fingerprint density at radius 3 is 2.36 bits per heavy atom. The molecule has 3 heteroatoms. The van der Waals surface area contributed by atoms with Crippen molar-refractivity contribution in [3.63, 3.8) is 0 Å². The molecule has 0 saturated carbocycles. The summed E-state index contributed by atoms with van der Waals surface area (Å²) in [4.78, 5) is 0. The van der Waals surface area contributed by atoms with Crippen molar-refractivity contribution in [2.24, 2.45) is 5.73 Å². The molecule has 0 aliphatic heterocycles. The van der Waals surface area contributed by atoms with E-state index in [-0.39, 0.29) is 6.61 Å². The van der Waals surface area contributed by atoms with Crippen LogP contribution >= 0.6 is 0 Å². The fourth-order valence-corrected chi connectivity index (χ4v) is 2.81. The van der Waals surface area contributed by atoms with Crippen LogP contribution in [0, 0.1) is 0 Å². The third kappa shape index (κ3) is 3.84. The van der Waals surface area contributed by atoms with Gasteiger partial charge in [-0.3, -0.25) is 0 Å². The molecule has 0 aliphatic rings. The molecular weight excluding hydrogens is 310 g/mol. The summed E-state index contributed by atoms with van der Waals surface area (Å²) in [7, 11) is 0. The van der Waals surface area contributed by atoms with Crippen molar-refractivity contribution in [2.75, 3.05) is 6.61 Å². The van der Waals surface area contributed by atoms with Crippen molar-refractivity contribution in [1.29, 1.82) is 0 Å². The molecule has 0 bridgehead atoms. The first-order valence-corrected chi connectivity index (χ1v) is 8.61. The average molecular weight is 335 g/mol. The molecule has 0 aliphatic carbocycles. The van der Waals surface area contributed by atoms with Crippen molar-refractivity contribution in [3.05, 3.63) is 71.8 Å². The molecule has 0 amide bonds. The van der Waals surface area contributed by atoms with Gasteiger partial charge in [0.2, 0.25) is 0 Å². The number of rotatable bonds is 5. The fraction of sp³-hybridized carbons (Fsp3) is 0.273. The van der Waals surface area contributed by atoms with Gasteiger partial charge >= 0.3 is 0 Å². The zero-order valence-corrected chi connectivity index (χ0v) is 15.0. The van der Waals surface area contributed by atoms with Gasteiger partial charge in [0.1, 0.15) is 11.5 Å². The fourth-order valence-electron chi connectivity index (χ4n) is 2.81. The van der Waals surface area contributed by atoms with Crippen molar-refractivity contribution in [3.8, 4) is 11.5 Å². The summed E-state index contributed by atoms with van der Waals surface area (Å²) in [6.07, 6.45) is 0. The van der Waals surface area contributed by atoms with Gasteiger partial charge in [-0.05, 0) is 65.1 Å². The van der Waals surface area contributed by atoms with Gasteiger partial charge in [-0.25, -0.2) is 0 Å². The standard InChI is InChI=1S/C22H25NO2/c1-15(2)16-5-4-6-20(12-16)25-21-10-8-17-11-19(22(3,23)14-24)9-7-18(17)13-21/h4-13,15,24H,14,23H2,1-3H3. The lowest BCUT2D eigenvalue weighted by Gasteiger charge is -2.22. The van der Waals surface area contributed by atoms with E-state index in [9.17, 15) is 5.11 Å². The van der Waals surface area contributed by atoms with Crippen LogP contribution < -0.4 is 10.5 Å². The summed E-state index contributed by atoms with van der Waals surface area (Å²) in [5.41, 5.74) is 7.56. The monoisotopic (exact) mass is 335 g/mol. The van der Waals surface area contributed by atoms with Gasteiger partial charge in [-0.2, -0.15) is 0 Å². The van der Waals surface area contributed by atoms with E-state index in [0.29, 0.717) is 5.92 Å². The van der Waals surface area contributed by atoms with Crippen molar-refractivity contribution >= 4 is 10.8 Å². The lowest BCUT2D eigenvalue weighted by molar-refractivity contribution is 0.210. The highest BCUT2D eigenvalue weighted by Crippen LogP contribution is 2.29. The lowest BCUT2D eigenvalue weighted by Crippen LogP contribution is -2.36. The first-order chi connectivity index (χ1) is 11.9. The van der Waals surface area contributed by atoms with Crippen LogP contribution in [0.25, 0.3) is 10.8 Å². The zero-order valence-electron chi connectivity index (χ0n) is 15.0. The SMILES string of the molecule is CC(C)c1cccc(Oc2ccc3cc(C(C)(N)CO)ccc3c2)c1. The number of ether oxygens (including phenoxy) is 1. The van der Waals surface area contributed by atoms with Crippen molar-refractivity contribution in [1.82, 2.24) is 0 Å². The summed E-state index contributed by atoms with van der Waals surface area (Å²) in [5.74, 6) is 2.12. The Morgan fingerprint density at radius 1 is 0.960 bits per heavy atom. The minimum absolute atomic E-state index is 0.0914. The smallest absolute Gasteiger partial charge is 0.128 e. The van der Waals surface area contributed by atoms with Gasteiger partial charge in [-0.1, -0.05) is 44.2 Å². The summed E-state index contributed by atoms with van der Waals surface area (Å²) in [6, 6.07) is 20.2. The highest BCUT2D eigenvalue weighted by molar-refractivity contribution is 5.84. The number of aliphatic hydroxyl groups is 1. The molecule has 0 spiro atoms. The average Bonchev–Trinajstić information content (AvgIpc) is 2.61. The molecule has 0 heterocycles. The van der Waals surface area contributed by atoms with Gasteiger partial charge in [0.15, 0.2) is 0 Å². The van der Waals surface area contributed by atoms with Gasteiger partial charge in [0.05, 0.1) is 12.1 Å². The Hall–Kier alpha value is -2.36. The molecule has 25 heavy (non-hydrogen) atoms. The third-order valence-electron chi connectivity index (χ3n) is 4.56. The van der Waals surface area contributed by atoms with E-state index in [1.54, 1.807) is 0 Å². The Kier molecular flexibility index (Phi) is 4.80. The molecule has 3 aromatic rings. The molecule has 0 radical (unpaired) electrons. The molecule has 0 saturated heterocycles. The summed E-state index contributed by atoms with van der Waals surface area (Å²) >= 11 is 0. The number of benzene rings is 3.